The maximum absolute atomic E-state index is 9.59. The predicted molar refractivity (Wildman–Crippen MR) is 44.6 cm³/mol. The van der Waals surface area contributed by atoms with Crippen LogP contribution >= 0.6 is 0 Å². The summed E-state index contributed by atoms with van der Waals surface area (Å²) in [6, 6.07) is 0. The molecule has 1 unspecified atom stereocenters. The number of rotatable bonds is 3. The van der Waals surface area contributed by atoms with Gasteiger partial charge >= 0.3 is 0 Å². The molecule has 0 rings (SSSR count). The molecule has 1 radical (unpaired) electrons. The summed E-state index contributed by atoms with van der Waals surface area (Å²) in [6.45, 7) is 8.33. The number of hydrogen-bond donors (Lipinski definition) is 1. The molecule has 11 heavy (non-hydrogen) atoms. The van der Waals surface area contributed by atoms with E-state index in [4.69, 9.17) is 0 Å². The molecule has 0 heterocycles. The van der Waals surface area contributed by atoms with Gasteiger partial charge in [-0.2, -0.15) is 0 Å². The SMILES string of the molecule is CCN=C(C)C(C)(O)CC.[Ho]. The van der Waals surface area contributed by atoms with Gasteiger partial charge in [0.2, 0.25) is 0 Å². The predicted octanol–water partition coefficient (Wildman–Crippen LogP) is 1.63. The van der Waals surface area contributed by atoms with Gasteiger partial charge in [-0.1, -0.05) is 6.92 Å². The second-order valence-electron chi connectivity index (χ2n) is 2.69. The van der Waals surface area contributed by atoms with Crippen molar-refractivity contribution in [3.05, 3.63) is 0 Å². The normalized spacial score (nSPS) is 17.0. The molecule has 0 aromatic carbocycles. The molecule has 0 amide bonds. The maximum Gasteiger partial charge on any atom is 0.0988 e. The van der Waals surface area contributed by atoms with E-state index in [0.29, 0.717) is 0 Å². The molecule has 3 heteroatoms. The van der Waals surface area contributed by atoms with Gasteiger partial charge < -0.3 is 5.11 Å². The second-order valence-corrected chi connectivity index (χ2v) is 2.69. The summed E-state index contributed by atoms with van der Waals surface area (Å²) in [5.41, 5.74) is 0.133. The van der Waals surface area contributed by atoms with E-state index in [9.17, 15) is 5.11 Å². The Labute approximate surface area is 99.1 Å². The Hall–Kier alpha value is 0.890. The van der Waals surface area contributed by atoms with Crippen LogP contribution in [0.1, 0.15) is 34.1 Å². The molecule has 0 saturated carbocycles. The van der Waals surface area contributed by atoms with Gasteiger partial charge in [0.1, 0.15) is 0 Å². The van der Waals surface area contributed by atoms with Crippen LogP contribution in [-0.2, 0) is 0 Å². The molecule has 71 valence electrons. The molecular formula is C8H17HoNO. The third-order valence-electron chi connectivity index (χ3n) is 1.86. The van der Waals surface area contributed by atoms with Crippen molar-refractivity contribution >= 4 is 5.71 Å². The molecule has 2 nitrogen and oxygen atoms in total. The Morgan fingerprint density at radius 1 is 1.45 bits per heavy atom. The van der Waals surface area contributed by atoms with E-state index >= 15 is 0 Å². The third-order valence-corrected chi connectivity index (χ3v) is 1.86. The number of aliphatic hydroxyl groups is 1. The number of hydrogen-bond acceptors (Lipinski definition) is 2. The van der Waals surface area contributed by atoms with E-state index in [1.807, 2.05) is 20.8 Å². The van der Waals surface area contributed by atoms with E-state index in [-0.39, 0.29) is 37.7 Å². The van der Waals surface area contributed by atoms with Gasteiger partial charge in [-0.15, -0.1) is 0 Å². The fourth-order valence-electron chi connectivity index (χ4n) is 0.663. The van der Waals surface area contributed by atoms with E-state index in [1.165, 1.54) is 0 Å². The topological polar surface area (TPSA) is 32.6 Å². The molecule has 1 N–H and O–H groups in total. The van der Waals surface area contributed by atoms with Crippen LogP contribution in [0.15, 0.2) is 4.99 Å². The van der Waals surface area contributed by atoms with Gasteiger partial charge in [0.25, 0.3) is 0 Å². The van der Waals surface area contributed by atoms with Crippen LogP contribution < -0.4 is 0 Å². The van der Waals surface area contributed by atoms with Crippen LogP contribution in [-0.4, -0.2) is 23.0 Å². The van der Waals surface area contributed by atoms with Crippen LogP contribution in [0.25, 0.3) is 0 Å². The first-order chi connectivity index (χ1) is 4.54. The smallest absolute Gasteiger partial charge is 0.0988 e. The van der Waals surface area contributed by atoms with Gasteiger partial charge in [-0.05, 0) is 27.2 Å². The zero-order chi connectivity index (χ0) is 8.20. The van der Waals surface area contributed by atoms with E-state index < -0.39 is 5.60 Å². The summed E-state index contributed by atoms with van der Waals surface area (Å²) in [4.78, 5) is 4.13. The van der Waals surface area contributed by atoms with E-state index in [1.54, 1.807) is 6.92 Å². The average Bonchev–Trinajstić information content (AvgIpc) is 1.89. The Kier molecular flexibility index (Phi) is 8.40. The van der Waals surface area contributed by atoms with E-state index in [0.717, 1.165) is 18.7 Å². The van der Waals surface area contributed by atoms with Gasteiger partial charge in [0.05, 0.1) is 5.60 Å². The molecule has 0 aromatic rings. The summed E-state index contributed by atoms with van der Waals surface area (Å²) < 4.78 is 0. The zero-order valence-electron chi connectivity index (χ0n) is 7.61. The fourth-order valence-corrected chi connectivity index (χ4v) is 0.663. The van der Waals surface area contributed by atoms with Crippen molar-refractivity contribution in [1.82, 2.24) is 0 Å². The monoisotopic (exact) mass is 308 g/mol. The minimum absolute atomic E-state index is 0. The summed E-state index contributed by atoms with van der Waals surface area (Å²) in [5, 5.41) is 9.59. The van der Waals surface area contributed by atoms with Crippen LogP contribution in [0.2, 0.25) is 0 Å². The van der Waals surface area contributed by atoms with Crippen molar-refractivity contribution in [2.75, 3.05) is 6.54 Å². The molecule has 0 aliphatic carbocycles. The first kappa shape index (κ1) is 14.4. The molecule has 0 aliphatic heterocycles. The number of aliphatic imine (C=N–C) groups is 1. The molecule has 0 fully saturated rings. The van der Waals surface area contributed by atoms with Gasteiger partial charge in [-0.25, -0.2) is 0 Å². The molecule has 1 atom stereocenters. The zero-order valence-corrected chi connectivity index (χ0v) is 9.54. The standard InChI is InChI=1S/C8H17NO.Ho/c1-5-8(4,10)7(3)9-6-2;/h10H,5-6H2,1-4H3;. The minimum atomic E-state index is -0.698. The minimum Gasteiger partial charge on any atom is -0.384 e. The Balaban J connectivity index is 0. The molecular weight excluding hydrogens is 291 g/mol. The summed E-state index contributed by atoms with van der Waals surface area (Å²) in [7, 11) is 0. The fraction of sp³-hybridized carbons (Fsp3) is 0.875. The Bertz CT molecular complexity index is 132. The van der Waals surface area contributed by atoms with Crippen molar-refractivity contribution in [3.8, 4) is 0 Å². The largest absolute Gasteiger partial charge is 0.384 e. The average molecular weight is 308 g/mol. The summed E-state index contributed by atoms with van der Waals surface area (Å²) in [6.07, 6.45) is 0.725. The molecule has 0 spiro atoms. The van der Waals surface area contributed by atoms with Gasteiger partial charge in [0.15, 0.2) is 0 Å². The molecule has 0 aliphatic rings. The quantitative estimate of drug-likeness (QED) is 0.624. The van der Waals surface area contributed by atoms with Crippen molar-refractivity contribution in [2.45, 2.75) is 39.7 Å². The van der Waals surface area contributed by atoms with E-state index in [2.05, 4.69) is 4.99 Å². The molecule has 0 aromatic heterocycles. The Morgan fingerprint density at radius 3 is 2.18 bits per heavy atom. The van der Waals surface area contributed by atoms with Crippen LogP contribution in [0.3, 0.4) is 0 Å². The first-order valence-corrected chi connectivity index (χ1v) is 3.78. The van der Waals surface area contributed by atoms with Crippen molar-refractivity contribution in [2.24, 2.45) is 4.99 Å². The third kappa shape index (κ3) is 5.18. The first-order valence-electron chi connectivity index (χ1n) is 3.78. The van der Waals surface area contributed by atoms with Crippen LogP contribution in [0, 0.1) is 37.7 Å². The summed E-state index contributed by atoms with van der Waals surface area (Å²) >= 11 is 0. The number of nitrogens with zero attached hydrogens (tertiary/aromatic N) is 1. The maximum atomic E-state index is 9.59. The van der Waals surface area contributed by atoms with Gasteiger partial charge in [0, 0.05) is 50.0 Å². The van der Waals surface area contributed by atoms with Crippen molar-refractivity contribution < 1.29 is 42.8 Å². The van der Waals surface area contributed by atoms with Crippen molar-refractivity contribution in [1.29, 1.82) is 0 Å². The molecule has 0 bridgehead atoms. The van der Waals surface area contributed by atoms with Crippen LogP contribution in [0.5, 0.6) is 0 Å². The Morgan fingerprint density at radius 2 is 1.91 bits per heavy atom. The molecule has 0 saturated heterocycles. The van der Waals surface area contributed by atoms with Crippen LogP contribution in [0.4, 0.5) is 0 Å². The summed E-state index contributed by atoms with van der Waals surface area (Å²) in [5.74, 6) is 0. The van der Waals surface area contributed by atoms with Gasteiger partial charge in [-0.3, -0.25) is 4.99 Å². The van der Waals surface area contributed by atoms with Crippen molar-refractivity contribution in [3.63, 3.8) is 0 Å². The second kappa shape index (κ2) is 6.41.